The van der Waals surface area contributed by atoms with Gasteiger partial charge in [-0.3, -0.25) is 4.79 Å². The zero-order valence-electron chi connectivity index (χ0n) is 13.8. The van der Waals surface area contributed by atoms with Crippen molar-refractivity contribution < 1.29 is 19.0 Å². The first-order valence-corrected chi connectivity index (χ1v) is 7.65. The normalized spacial score (nSPS) is 18.0. The van der Waals surface area contributed by atoms with Gasteiger partial charge in [-0.1, -0.05) is 6.92 Å². The minimum atomic E-state index is 0.154. The van der Waals surface area contributed by atoms with Crippen molar-refractivity contribution in [3.8, 4) is 17.2 Å². The van der Waals surface area contributed by atoms with Gasteiger partial charge in [0.25, 0.3) is 0 Å². The summed E-state index contributed by atoms with van der Waals surface area (Å²) in [5.41, 5.74) is 0.873. The summed E-state index contributed by atoms with van der Waals surface area (Å²) in [5.74, 6) is 2.44. The zero-order chi connectivity index (χ0) is 16.1. The molecule has 5 heteroatoms. The zero-order valence-corrected chi connectivity index (χ0v) is 13.8. The quantitative estimate of drug-likeness (QED) is 0.838. The van der Waals surface area contributed by atoms with Crippen molar-refractivity contribution in [3.05, 3.63) is 17.7 Å². The highest BCUT2D eigenvalue weighted by molar-refractivity contribution is 5.79. The monoisotopic (exact) mass is 307 g/mol. The van der Waals surface area contributed by atoms with E-state index >= 15 is 0 Å². The Hall–Kier alpha value is -1.91. The molecule has 1 aromatic rings. The molecule has 1 unspecified atom stereocenters. The molecule has 0 saturated carbocycles. The van der Waals surface area contributed by atoms with Crippen LogP contribution in [0.4, 0.5) is 0 Å². The first kappa shape index (κ1) is 16.5. The summed E-state index contributed by atoms with van der Waals surface area (Å²) in [6.45, 7) is 3.90. The number of piperidine rings is 1. The molecular formula is C17H25NO4. The van der Waals surface area contributed by atoms with E-state index in [2.05, 4.69) is 6.92 Å². The summed E-state index contributed by atoms with van der Waals surface area (Å²) in [5, 5.41) is 0. The molecule has 1 amide bonds. The Bertz CT molecular complexity index is 504. The van der Waals surface area contributed by atoms with E-state index in [1.165, 1.54) is 6.42 Å². The molecule has 22 heavy (non-hydrogen) atoms. The summed E-state index contributed by atoms with van der Waals surface area (Å²) < 4.78 is 16.0. The molecule has 1 aliphatic heterocycles. The van der Waals surface area contributed by atoms with Crippen LogP contribution >= 0.6 is 0 Å². The number of benzene rings is 1. The van der Waals surface area contributed by atoms with Crippen LogP contribution in [0.25, 0.3) is 0 Å². The topological polar surface area (TPSA) is 48.0 Å². The Morgan fingerprint density at radius 1 is 1.18 bits per heavy atom. The van der Waals surface area contributed by atoms with Gasteiger partial charge in [-0.25, -0.2) is 0 Å². The van der Waals surface area contributed by atoms with Gasteiger partial charge in [0.15, 0.2) is 11.5 Å². The molecule has 2 rings (SSSR count). The second kappa shape index (κ2) is 7.38. The highest BCUT2D eigenvalue weighted by atomic mass is 16.5. The first-order valence-electron chi connectivity index (χ1n) is 7.65. The minimum Gasteiger partial charge on any atom is -0.493 e. The second-order valence-electron chi connectivity index (χ2n) is 5.80. The maximum atomic E-state index is 12.5. The number of amides is 1. The lowest BCUT2D eigenvalue weighted by atomic mass is 9.99. The van der Waals surface area contributed by atoms with E-state index < -0.39 is 0 Å². The molecule has 1 fully saturated rings. The summed E-state index contributed by atoms with van der Waals surface area (Å²) >= 11 is 0. The second-order valence-corrected chi connectivity index (χ2v) is 5.80. The van der Waals surface area contributed by atoms with E-state index in [0.717, 1.165) is 25.1 Å². The Morgan fingerprint density at radius 3 is 2.32 bits per heavy atom. The molecule has 1 saturated heterocycles. The molecule has 0 aliphatic carbocycles. The van der Waals surface area contributed by atoms with Crippen molar-refractivity contribution in [1.82, 2.24) is 4.90 Å². The van der Waals surface area contributed by atoms with Gasteiger partial charge >= 0.3 is 0 Å². The van der Waals surface area contributed by atoms with Gasteiger partial charge in [0.05, 0.1) is 27.8 Å². The largest absolute Gasteiger partial charge is 0.493 e. The molecule has 1 aromatic carbocycles. The predicted molar refractivity (Wildman–Crippen MR) is 84.8 cm³/mol. The lowest BCUT2D eigenvalue weighted by molar-refractivity contribution is -0.132. The van der Waals surface area contributed by atoms with Crippen LogP contribution in [-0.4, -0.2) is 45.2 Å². The number of hydrogen-bond acceptors (Lipinski definition) is 4. The molecule has 1 aliphatic rings. The molecule has 0 aromatic heterocycles. The van der Waals surface area contributed by atoms with E-state index in [9.17, 15) is 4.79 Å². The number of methoxy groups -OCH3 is 3. The van der Waals surface area contributed by atoms with Crippen molar-refractivity contribution in [2.75, 3.05) is 34.4 Å². The molecule has 5 nitrogen and oxygen atoms in total. The van der Waals surface area contributed by atoms with Gasteiger partial charge < -0.3 is 19.1 Å². The van der Waals surface area contributed by atoms with Gasteiger partial charge in [-0.2, -0.15) is 0 Å². The van der Waals surface area contributed by atoms with Crippen molar-refractivity contribution >= 4 is 5.91 Å². The molecule has 0 radical (unpaired) electrons. The predicted octanol–water partition coefficient (Wildman–Crippen LogP) is 2.51. The number of carbonyl (C=O) groups is 1. The van der Waals surface area contributed by atoms with E-state index in [0.29, 0.717) is 29.6 Å². The maximum Gasteiger partial charge on any atom is 0.227 e. The molecule has 122 valence electrons. The van der Waals surface area contributed by atoms with Crippen LogP contribution in [0.5, 0.6) is 17.2 Å². The van der Waals surface area contributed by atoms with Crippen molar-refractivity contribution in [2.24, 2.45) is 5.92 Å². The van der Waals surface area contributed by atoms with Gasteiger partial charge in [0, 0.05) is 13.1 Å². The smallest absolute Gasteiger partial charge is 0.227 e. The summed E-state index contributed by atoms with van der Waals surface area (Å²) in [6.07, 6.45) is 2.64. The standard InChI is InChI=1S/C17H25NO4/c1-12-6-5-7-18(11-12)16(19)10-13-8-14(20-2)17(22-4)15(9-13)21-3/h8-9,12H,5-7,10-11H2,1-4H3. The number of hydrogen-bond donors (Lipinski definition) is 0. The average molecular weight is 307 g/mol. The highest BCUT2D eigenvalue weighted by Crippen LogP contribution is 2.38. The van der Waals surface area contributed by atoms with Crippen molar-refractivity contribution in [3.63, 3.8) is 0 Å². The first-order chi connectivity index (χ1) is 10.6. The summed E-state index contributed by atoms with van der Waals surface area (Å²) in [6, 6.07) is 3.68. The Labute approximate surface area is 132 Å². The Balaban J connectivity index is 2.16. The number of rotatable bonds is 5. The van der Waals surface area contributed by atoms with Crippen LogP contribution in [0, 0.1) is 5.92 Å². The third-order valence-electron chi connectivity index (χ3n) is 4.09. The third-order valence-corrected chi connectivity index (χ3v) is 4.09. The Morgan fingerprint density at radius 2 is 1.82 bits per heavy atom. The molecule has 1 atom stereocenters. The molecule has 0 N–H and O–H groups in total. The summed E-state index contributed by atoms with van der Waals surface area (Å²) in [4.78, 5) is 14.4. The number of likely N-dealkylation sites (tertiary alicyclic amines) is 1. The van der Waals surface area contributed by atoms with Crippen LogP contribution in [-0.2, 0) is 11.2 Å². The summed E-state index contributed by atoms with van der Waals surface area (Å²) in [7, 11) is 4.73. The fraction of sp³-hybridized carbons (Fsp3) is 0.588. The third kappa shape index (κ3) is 3.64. The Kier molecular flexibility index (Phi) is 5.52. The SMILES string of the molecule is COc1cc(CC(=O)N2CCCC(C)C2)cc(OC)c1OC. The van der Waals surface area contributed by atoms with E-state index in [4.69, 9.17) is 14.2 Å². The lowest BCUT2D eigenvalue weighted by Crippen LogP contribution is -2.39. The maximum absolute atomic E-state index is 12.5. The lowest BCUT2D eigenvalue weighted by Gasteiger charge is -2.31. The van der Waals surface area contributed by atoms with Crippen LogP contribution < -0.4 is 14.2 Å². The molecule has 1 heterocycles. The fourth-order valence-electron chi connectivity index (χ4n) is 2.94. The van der Waals surface area contributed by atoms with Crippen molar-refractivity contribution in [1.29, 1.82) is 0 Å². The number of nitrogens with zero attached hydrogens (tertiary/aromatic N) is 1. The number of ether oxygens (including phenoxy) is 3. The van der Waals surface area contributed by atoms with Gasteiger partial charge in [-0.05, 0) is 36.5 Å². The van der Waals surface area contributed by atoms with Gasteiger partial charge in [-0.15, -0.1) is 0 Å². The highest BCUT2D eigenvalue weighted by Gasteiger charge is 2.22. The molecular weight excluding hydrogens is 282 g/mol. The van der Waals surface area contributed by atoms with E-state index in [-0.39, 0.29) is 5.91 Å². The van der Waals surface area contributed by atoms with Crippen LogP contribution in [0.2, 0.25) is 0 Å². The van der Waals surface area contributed by atoms with E-state index in [1.54, 1.807) is 21.3 Å². The van der Waals surface area contributed by atoms with Gasteiger partial charge in [0.1, 0.15) is 0 Å². The number of carbonyl (C=O) groups excluding carboxylic acids is 1. The molecule has 0 bridgehead atoms. The fourth-order valence-corrected chi connectivity index (χ4v) is 2.94. The van der Waals surface area contributed by atoms with Crippen molar-refractivity contribution in [2.45, 2.75) is 26.2 Å². The average Bonchev–Trinajstić information content (AvgIpc) is 2.53. The molecule has 0 spiro atoms. The van der Waals surface area contributed by atoms with Crippen LogP contribution in [0.3, 0.4) is 0 Å². The van der Waals surface area contributed by atoms with Gasteiger partial charge in [0.2, 0.25) is 11.7 Å². The van der Waals surface area contributed by atoms with Crippen LogP contribution in [0.1, 0.15) is 25.3 Å². The van der Waals surface area contributed by atoms with Crippen LogP contribution in [0.15, 0.2) is 12.1 Å². The van der Waals surface area contributed by atoms with E-state index in [1.807, 2.05) is 17.0 Å². The minimum absolute atomic E-state index is 0.154.